The van der Waals surface area contributed by atoms with E-state index in [4.69, 9.17) is 4.74 Å². The Bertz CT molecular complexity index is 681. The van der Waals surface area contributed by atoms with Gasteiger partial charge in [-0.05, 0) is 18.9 Å². The van der Waals surface area contributed by atoms with Crippen LogP contribution in [-0.4, -0.2) is 15.9 Å². The van der Waals surface area contributed by atoms with Gasteiger partial charge in [-0.25, -0.2) is 9.78 Å². The molecule has 0 spiro atoms. The smallest absolute Gasteiger partial charge is 0.345 e. The fourth-order valence-electron chi connectivity index (χ4n) is 1.86. The molecule has 1 aromatic carbocycles. The van der Waals surface area contributed by atoms with Crippen LogP contribution < -0.4 is 0 Å². The van der Waals surface area contributed by atoms with Crippen LogP contribution in [0.3, 0.4) is 0 Å². The number of aromatic nitrogens is 1. The first-order valence-electron chi connectivity index (χ1n) is 6.37. The zero-order valence-electron chi connectivity index (χ0n) is 11.7. The average molecular weight is 306 g/mol. The number of carbonyl (C=O) groups is 1. The molecule has 0 amide bonds. The number of thiazole rings is 1. The van der Waals surface area contributed by atoms with Crippen molar-refractivity contribution < 1.29 is 14.5 Å². The third-order valence-electron chi connectivity index (χ3n) is 2.90. The van der Waals surface area contributed by atoms with Crippen molar-refractivity contribution in [3.63, 3.8) is 0 Å². The van der Waals surface area contributed by atoms with E-state index in [0.29, 0.717) is 11.3 Å². The monoisotopic (exact) mass is 306 g/mol. The van der Waals surface area contributed by atoms with Crippen molar-refractivity contribution in [3.8, 4) is 0 Å². The third kappa shape index (κ3) is 3.43. The number of benzene rings is 1. The van der Waals surface area contributed by atoms with Crippen LogP contribution in [0.25, 0.3) is 0 Å². The number of carbonyl (C=O) groups excluding carboxylic acids is 1. The number of esters is 1. The molecule has 6 nitrogen and oxygen atoms in total. The second kappa shape index (κ2) is 6.45. The van der Waals surface area contributed by atoms with Crippen molar-refractivity contribution in [2.75, 3.05) is 0 Å². The lowest BCUT2D eigenvalue weighted by molar-refractivity contribution is -0.385. The highest BCUT2D eigenvalue weighted by atomic mass is 32.1. The molecule has 7 heteroatoms. The first kappa shape index (κ1) is 15.1. The van der Waals surface area contributed by atoms with Crippen LogP contribution in [0.5, 0.6) is 0 Å². The normalized spacial score (nSPS) is 10.4. The molecule has 0 atom stereocenters. The Balaban J connectivity index is 2.15. The van der Waals surface area contributed by atoms with Crippen LogP contribution in [0.4, 0.5) is 5.69 Å². The van der Waals surface area contributed by atoms with E-state index in [1.807, 2.05) is 12.3 Å². The molecule has 0 radical (unpaired) electrons. The number of hydrogen-bond donors (Lipinski definition) is 0. The number of nitro benzene ring substituents is 1. The Morgan fingerprint density at radius 3 is 2.86 bits per heavy atom. The van der Waals surface area contributed by atoms with Gasteiger partial charge in [-0.3, -0.25) is 10.1 Å². The van der Waals surface area contributed by atoms with E-state index in [9.17, 15) is 14.9 Å². The lowest BCUT2D eigenvalue weighted by Crippen LogP contribution is -2.10. The van der Waals surface area contributed by atoms with Gasteiger partial charge in [0.05, 0.1) is 15.6 Å². The molecule has 0 fully saturated rings. The van der Waals surface area contributed by atoms with Gasteiger partial charge in [-0.1, -0.05) is 19.1 Å². The van der Waals surface area contributed by atoms with Crippen molar-refractivity contribution >= 4 is 23.0 Å². The lowest BCUT2D eigenvalue weighted by Gasteiger charge is -2.06. The summed E-state index contributed by atoms with van der Waals surface area (Å²) in [6.45, 7) is 3.65. The highest BCUT2D eigenvalue weighted by Crippen LogP contribution is 2.23. The van der Waals surface area contributed by atoms with Gasteiger partial charge < -0.3 is 4.74 Å². The van der Waals surface area contributed by atoms with Crippen LogP contribution in [0.2, 0.25) is 0 Å². The van der Waals surface area contributed by atoms with Crippen molar-refractivity contribution in [2.24, 2.45) is 0 Å². The lowest BCUT2D eigenvalue weighted by atomic mass is 10.1. The predicted octanol–water partition coefficient (Wildman–Crippen LogP) is 3.28. The first-order chi connectivity index (χ1) is 10.0. The summed E-state index contributed by atoms with van der Waals surface area (Å²) in [5.74, 6) is -0.703. The Hall–Kier alpha value is -2.28. The quantitative estimate of drug-likeness (QED) is 0.481. The molecule has 2 rings (SSSR count). The van der Waals surface area contributed by atoms with Crippen molar-refractivity contribution in [1.82, 2.24) is 4.98 Å². The van der Waals surface area contributed by atoms with Crippen molar-refractivity contribution in [1.29, 1.82) is 0 Å². The highest BCUT2D eigenvalue weighted by molar-refractivity contribution is 7.09. The Kier molecular flexibility index (Phi) is 4.64. The Morgan fingerprint density at radius 1 is 1.48 bits per heavy atom. The molecule has 0 unspecified atom stereocenters. The fraction of sp³-hybridized carbons (Fsp3) is 0.286. The number of hydrogen-bond acceptors (Lipinski definition) is 6. The maximum absolute atomic E-state index is 12.1. The van der Waals surface area contributed by atoms with Crippen LogP contribution in [0.1, 0.15) is 33.5 Å². The van der Waals surface area contributed by atoms with Crippen molar-refractivity contribution in [2.45, 2.75) is 26.9 Å². The van der Waals surface area contributed by atoms with E-state index < -0.39 is 10.9 Å². The Morgan fingerprint density at radius 2 is 2.24 bits per heavy atom. The topological polar surface area (TPSA) is 82.3 Å². The molecule has 21 heavy (non-hydrogen) atoms. The summed E-state index contributed by atoms with van der Waals surface area (Å²) in [5, 5.41) is 13.8. The molecule has 1 aromatic heterocycles. The molecule has 1 heterocycles. The van der Waals surface area contributed by atoms with E-state index in [1.165, 1.54) is 23.5 Å². The number of nitrogens with zero attached hydrogens (tertiary/aromatic N) is 2. The van der Waals surface area contributed by atoms with Gasteiger partial charge in [0, 0.05) is 11.4 Å². The second-order valence-corrected chi connectivity index (χ2v) is 5.33. The molecular weight excluding hydrogens is 292 g/mol. The van der Waals surface area contributed by atoms with Gasteiger partial charge in [0.2, 0.25) is 0 Å². The van der Waals surface area contributed by atoms with E-state index >= 15 is 0 Å². The Labute approximate surface area is 125 Å². The van der Waals surface area contributed by atoms with Gasteiger partial charge in [-0.15, -0.1) is 11.3 Å². The first-order valence-corrected chi connectivity index (χ1v) is 7.25. The van der Waals surface area contributed by atoms with Gasteiger partial charge in [0.1, 0.15) is 12.2 Å². The summed E-state index contributed by atoms with van der Waals surface area (Å²) >= 11 is 1.50. The summed E-state index contributed by atoms with van der Waals surface area (Å²) in [7, 11) is 0. The number of rotatable bonds is 5. The minimum Gasteiger partial charge on any atom is -0.455 e. The van der Waals surface area contributed by atoms with Crippen LogP contribution in [0.15, 0.2) is 23.6 Å². The largest absolute Gasteiger partial charge is 0.455 e. The van der Waals surface area contributed by atoms with Gasteiger partial charge >= 0.3 is 5.97 Å². The van der Waals surface area contributed by atoms with E-state index in [-0.39, 0.29) is 17.9 Å². The molecule has 0 aliphatic heterocycles. The molecule has 110 valence electrons. The highest BCUT2D eigenvalue weighted by Gasteiger charge is 2.23. The molecule has 0 bridgehead atoms. The minimum absolute atomic E-state index is 0.00607. The number of nitro groups is 1. The molecule has 0 aliphatic carbocycles. The summed E-state index contributed by atoms with van der Waals surface area (Å²) < 4.78 is 5.14. The molecule has 2 aromatic rings. The molecule has 0 N–H and O–H groups in total. The van der Waals surface area contributed by atoms with Gasteiger partial charge in [0.25, 0.3) is 5.69 Å². The van der Waals surface area contributed by atoms with E-state index in [0.717, 1.165) is 11.4 Å². The standard InChI is InChI=1S/C14H14N2O4S/c1-3-12-15-10(8-21-12)7-20-14(17)13-9(2)5-4-6-11(13)16(18)19/h4-6,8H,3,7H2,1-2H3. The second-order valence-electron chi connectivity index (χ2n) is 4.39. The summed E-state index contributed by atoms with van der Waals surface area (Å²) in [6, 6.07) is 4.47. The molecular formula is C14H14N2O4S. The summed E-state index contributed by atoms with van der Waals surface area (Å²) in [5.41, 5.74) is 0.920. The molecule has 0 aliphatic rings. The zero-order chi connectivity index (χ0) is 15.4. The zero-order valence-corrected chi connectivity index (χ0v) is 12.5. The van der Waals surface area contributed by atoms with Crippen LogP contribution in [-0.2, 0) is 17.8 Å². The SMILES string of the molecule is CCc1nc(COC(=O)c2c(C)cccc2[N+](=O)[O-])cs1. The number of aryl methyl sites for hydroxylation is 2. The van der Waals surface area contributed by atoms with Crippen molar-refractivity contribution in [3.05, 3.63) is 55.5 Å². The summed E-state index contributed by atoms with van der Waals surface area (Å²) in [6.07, 6.45) is 0.821. The van der Waals surface area contributed by atoms with Crippen LogP contribution in [0, 0.1) is 17.0 Å². The fourth-order valence-corrected chi connectivity index (χ4v) is 2.59. The van der Waals surface area contributed by atoms with Gasteiger partial charge in [-0.2, -0.15) is 0 Å². The molecule has 0 saturated carbocycles. The van der Waals surface area contributed by atoms with Gasteiger partial charge in [0.15, 0.2) is 0 Å². The van der Waals surface area contributed by atoms with Crippen LogP contribution >= 0.6 is 11.3 Å². The predicted molar refractivity (Wildman–Crippen MR) is 78.4 cm³/mol. The minimum atomic E-state index is -0.703. The molecule has 0 saturated heterocycles. The third-order valence-corrected chi connectivity index (χ3v) is 3.95. The van der Waals surface area contributed by atoms with E-state index in [2.05, 4.69) is 4.98 Å². The maximum atomic E-state index is 12.1. The number of ether oxygens (including phenoxy) is 1. The van der Waals surface area contributed by atoms with E-state index in [1.54, 1.807) is 13.0 Å². The average Bonchev–Trinajstić information content (AvgIpc) is 2.92. The summed E-state index contributed by atoms with van der Waals surface area (Å²) in [4.78, 5) is 26.8. The maximum Gasteiger partial charge on any atom is 0.345 e.